The second-order valence-corrected chi connectivity index (χ2v) is 5.19. The molecule has 4 heteroatoms. The molecule has 0 radical (unpaired) electrons. The summed E-state index contributed by atoms with van der Waals surface area (Å²) < 4.78 is 18.0. The Morgan fingerprint density at radius 3 is 2.79 bits per heavy atom. The number of halogens is 1. The lowest BCUT2D eigenvalue weighted by Gasteiger charge is -2.30. The molecule has 3 nitrogen and oxygen atoms in total. The van der Waals surface area contributed by atoms with Crippen LogP contribution in [-0.2, 0) is 4.74 Å². The van der Waals surface area contributed by atoms with Crippen molar-refractivity contribution < 1.29 is 13.9 Å². The number of hydrogen-bond acceptors (Lipinski definition) is 3. The zero-order chi connectivity index (χ0) is 13.8. The third-order valence-electron chi connectivity index (χ3n) is 3.84. The average molecular weight is 265 g/mol. The number of ether oxygens (including phenoxy) is 1. The number of esters is 1. The van der Waals surface area contributed by atoms with Crippen LogP contribution < -0.4 is 5.32 Å². The molecule has 0 heterocycles. The lowest BCUT2D eigenvalue weighted by molar-refractivity contribution is 0.0601. The van der Waals surface area contributed by atoms with E-state index in [0.29, 0.717) is 17.6 Å². The summed E-state index contributed by atoms with van der Waals surface area (Å²) in [7, 11) is 1.31. The van der Waals surface area contributed by atoms with Crippen molar-refractivity contribution in [2.75, 3.05) is 12.4 Å². The molecule has 1 N–H and O–H groups in total. The van der Waals surface area contributed by atoms with Crippen molar-refractivity contribution in [1.82, 2.24) is 0 Å². The van der Waals surface area contributed by atoms with Gasteiger partial charge in [0.1, 0.15) is 5.82 Å². The molecular formula is C15H20FNO2. The molecule has 19 heavy (non-hydrogen) atoms. The Morgan fingerprint density at radius 2 is 2.11 bits per heavy atom. The van der Waals surface area contributed by atoms with Crippen molar-refractivity contribution >= 4 is 11.7 Å². The summed E-state index contributed by atoms with van der Waals surface area (Å²) in [4.78, 5) is 11.7. The normalized spacial score (nSPS) is 22.9. The minimum Gasteiger partial charge on any atom is -0.465 e. The monoisotopic (exact) mass is 265 g/mol. The van der Waals surface area contributed by atoms with Gasteiger partial charge in [0.25, 0.3) is 0 Å². The number of carbonyl (C=O) groups is 1. The number of methoxy groups -OCH3 is 1. The van der Waals surface area contributed by atoms with Crippen LogP contribution in [0.25, 0.3) is 0 Å². The fraction of sp³-hybridized carbons (Fsp3) is 0.533. The van der Waals surface area contributed by atoms with E-state index in [1.807, 2.05) is 0 Å². The fourth-order valence-corrected chi connectivity index (χ4v) is 2.65. The lowest BCUT2D eigenvalue weighted by atomic mass is 9.85. The molecule has 0 bridgehead atoms. The third kappa shape index (κ3) is 3.25. The van der Waals surface area contributed by atoms with Gasteiger partial charge in [0.2, 0.25) is 0 Å². The van der Waals surface area contributed by atoms with Crippen molar-refractivity contribution in [2.45, 2.75) is 38.6 Å². The van der Waals surface area contributed by atoms with E-state index >= 15 is 0 Å². The number of anilines is 1. The van der Waals surface area contributed by atoms with Gasteiger partial charge in [-0.15, -0.1) is 0 Å². The summed E-state index contributed by atoms with van der Waals surface area (Å²) in [6.45, 7) is 2.21. The summed E-state index contributed by atoms with van der Waals surface area (Å²) >= 11 is 0. The van der Waals surface area contributed by atoms with E-state index in [2.05, 4.69) is 12.2 Å². The first-order valence-electron chi connectivity index (χ1n) is 6.76. The molecule has 1 saturated carbocycles. The molecule has 1 aromatic carbocycles. The predicted molar refractivity (Wildman–Crippen MR) is 72.8 cm³/mol. The Balaban J connectivity index is 2.21. The Hall–Kier alpha value is -1.58. The summed E-state index contributed by atoms with van der Waals surface area (Å²) in [5.74, 6) is -0.377. The topological polar surface area (TPSA) is 38.3 Å². The Kier molecular flexibility index (Phi) is 4.40. The van der Waals surface area contributed by atoms with Gasteiger partial charge in [-0.2, -0.15) is 0 Å². The van der Waals surface area contributed by atoms with E-state index in [1.165, 1.54) is 38.5 Å². The zero-order valence-corrected chi connectivity index (χ0v) is 11.4. The van der Waals surface area contributed by atoms with Crippen molar-refractivity contribution in [3.63, 3.8) is 0 Å². The van der Waals surface area contributed by atoms with Crippen LogP contribution in [0.3, 0.4) is 0 Å². The van der Waals surface area contributed by atoms with Gasteiger partial charge in [-0.3, -0.25) is 0 Å². The highest BCUT2D eigenvalue weighted by Gasteiger charge is 2.23. The Labute approximate surface area is 113 Å². The van der Waals surface area contributed by atoms with Crippen molar-refractivity contribution in [3.8, 4) is 0 Å². The molecule has 2 rings (SSSR count). The van der Waals surface area contributed by atoms with Crippen LogP contribution in [0.2, 0.25) is 0 Å². The first-order valence-corrected chi connectivity index (χ1v) is 6.76. The standard InChI is InChI=1S/C15H20FNO2/c1-10-5-3-4-6-13(10)17-14-8-7-11(16)9-12(14)15(18)19-2/h7-10,13,17H,3-6H2,1-2H3. The second-order valence-electron chi connectivity index (χ2n) is 5.19. The fourth-order valence-electron chi connectivity index (χ4n) is 2.65. The molecule has 1 aliphatic rings. The SMILES string of the molecule is COC(=O)c1cc(F)ccc1NC1CCCCC1C. The minimum atomic E-state index is -0.509. The molecule has 0 aliphatic heterocycles. The molecule has 2 unspecified atom stereocenters. The van der Waals surface area contributed by atoms with E-state index in [-0.39, 0.29) is 5.56 Å². The summed E-state index contributed by atoms with van der Waals surface area (Å²) in [6, 6.07) is 4.54. The first-order chi connectivity index (χ1) is 9.11. The zero-order valence-electron chi connectivity index (χ0n) is 11.4. The van der Waals surface area contributed by atoms with Crippen LogP contribution in [-0.4, -0.2) is 19.1 Å². The predicted octanol–water partition coefficient (Wildman–Crippen LogP) is 3.60. The molecule has 0 amide bonds. The molecule has 104 valence electrons. The van der Waals surface area contributed by atoms with Gasteiger partial charge < -0.3 is 10.1 Å². The quantitative estimate of drug-likeness (QED) is 0.849. The van der Waals surface area contributed by atoms with Crippen LogP contribution in [0.1, 0.15) is 43.0 Å². The number of carbonyl (C=O) groups excluding carboxylic acids is 1. The third-order valence-corrected chi connectivity index (χ3v) is 3.84. The summed E-state index contributed by atoms with van der Waals surface area (Å²) in [5.41, 5.74) is 0.923. The molecule has 1 aliphatic carbocycles. The molecule has 0 aromatic heterocycles. The molecule has 0 spiro atoms. The molecule has 0 saturated heterocycles. The molecule has 2 atom stereocenters. The maximum Gasteiger partial charge on any atom is 0.340 e. The minimum absolute atomic E-state index is 0.264. The number of benzene rings is 1. The largest absolute Gasteiger partial charge is 0.465 e. The summed E-state index contributed by atoms with van der Waals surface area (Å²) in [5, 5.41) is 3.37. The van der Waals surface area contributed by atoms with Crippen LogP contribution in [0.5, 0.6) is 0 Å². The Bertz CT molecular complexity index is 461. The van der Waals surface area contributed by atoms with E-state index in [0.717, 1.165) is 6.42 Å². The Morgan fingerprint density at radius 1 is 1.37 bits per heavy atom. The highest BCUT2D eigenvalue weighted by atomic mass is 19.1. The second kappa shape index (κ2) is 6.04. The van der Waals surface area contributed by atoms with Crippen LogP contribution in [0.4, 0.5) is 10.1 Å². The number of rotatable bonds is 3. The van der Waals surface area contributed by atoms with Gasteiger partial charge in [0.15, 0.2) is 0 Å². The van der Waals surface area contributed by atoms with Gasteiger partial charge in [-0.25, -0.2) is 9.18 Å². The smallest absolute Gasteiger partial charge is 0.340 e. The van der Waals surface area contributed by atoms with Gasteiger partial charge in [0, 0.05) is 11.7 Å². The molecule has 1 aromatic rings. The highest BCUT2D eigenvalue weighted by molar-refractivity contribution is 5.95. The molecule has 1 fully saturated rings. The van der Waals surface area contributed by atoms with Gasteiger partial charge in [0.05, 0.1) is 12.7 Å². The average Bonchev–Trinajstić information content (AvgIpc) is 2.42. The maximum atomic E-state index is 13.3. The van der Waals surface area contributed by atoms with Crippen LogP contribution >= 0.6 is 0 Å². The van der Waals surface area contributed by atoms with E-state index in [4.69, 9.17) is 4.74 Å². The number of hydrogen-bond donors (Lipinski definition) is 1. The maximum absolute atomic E-state index is 13.3. The van der Waals surface area contributed by atoms with E-state index in [9.17, 15) is 9.18 Å². The molecular weight excluding hydrogens is 245 g/mol. The van der Waals surface area contributed by atoms with Crippen LogP contribution in [0.15, 0.2) is 18.2 Å². The van der Waals surface area contributed by atoms with Crippen molar-refractivity contribution in [2.24, 2.45) is 5.92 Å². The van der Waals surface area contributed by atoms with Gasteiger partial charge in [-0.05, 0) is 37.0 Å². The number of nitrogens with one attached hydrogen (secondary N) is 1. The van der Waals surface area contributed by atoms with Crippen molar-refractivity contribution in [1.29, 1.82) is 0 Å². The van der Waals surface area contributed by atoms with Crippen LogP contribution in [0, 0.1) is 11.7 Å². The lowest BCUT2D eigenvalue weighted by Crippen LogP contribution is -2.31. The van der Waals surface area contributed by atoms with Gasteiger partial charge >= 0.3 is 5.97 Å². The van der Waals surface area contributed by atoms with E-state index in [1.54, 1.807) is 6.07 Å². The summed E-state index contributed by atoms with van der Waals surface area (Å²) in [6.07, 6.45) is 4.72. The van der Waals surface area contributed by atoms with Gasteiger partial charge in [-0.1, -0.05) is 19.8 Å². The van der Waals surface area contributed by atoms with Crippen molar-refractivity contribution in [3.05, 3.63) is 29.6 Å². The first kappa shape index (κ1) is 13.8. The van der Waals surface area contributed by atoms with E-state index < -0.39 is 11.8 Å². The highest BCUT2D eigenvalue weighted by Crippen LogP contribution is 2.28.